The highest BCUT2D eigenvalue weighted by Crippen LogP contribution is 2.15. The fourth-order valence-corrected chi connectivity index (χ4v) is 1.64. The molecule has 0 aromatic heterocycles. The number of hydrogen-bond acceptors (Lipinski definition) is 2. The Morgan fingerprint density at radius 3 is 2.56 bits per heavy atom. The largest absolute Gasteiger partial charge is 0.393 e. The van der Waals surface area contributed by atoms with Gasteiger partial charge in [-0.1, -0.05) is 49.5 Å². The Balaban J connectivity index is 2.63. The Hall–Kier alpha value is -1.42. The van der Waals surface area contributed by atoms with Gasteiger partial charge in [0, 0.05) is 0 Å². The van der Waals surface area contributed by atoms with Gasteiger partial charge in [0.25, 0.3) is 0 Å². The van der Waals surface area contributed by atoms with Gasteiger partial charge in [-0.3, -0.25) is 4.79 Å². The van der Waals surface area contributed by atoms with Gasteiger partial charge in [-0.25, -0.2) is 0 Å². The van der Waals surface area contributed by atoms with Crippen LogP contribution in [0.25, 0.3) is 0 Å². The molecule has 1 aromatic rings. The van der Waals surface area contributed by atoms with Crippen LogP contribution in [0.4, 0.5) is 0 Å². The van der Waals surface area contributed by atoms with Crippen LogP contribution < -0.4 is 11.1 Å². The summed E-state index contributed by atoms with van der Waals surface area (Å²) in [5.41, 5.74) is 6.42. The van der Waals surface area contributed by atoms with Crippen LogP contribution in [0.5, 0.6) is 0 Å². The zero-order chi connectivity index (χ0) is 12.0. The van der Waals surface area contributed by atoms with E-state index in [2.05, 4.69) is 5.32 Å². The quantitative estimate of drug-likeness (QED) is 0.768. The second-order valence-electron chi connectivity index (χ2n) is 3.58. The maximum Gasteiger partial charge on any atom is 0.227 e. The Bertz CT molecular complexity index is 365. The van der Waals surface area contributed by atoms with Crippen LogP contribution in [-0.4, -0.2) is 10.9 Å². The highest BCUT2D eigenvalue weighted by Gasteiger charge is 2.12. The summed E-state index contributed by atoms with van der Waals surface area (Å²) in [7, 11) is 0. The predicted molar refractivity (Wildman–Crippen MR) is 69.0 cm³/mol. The highest BCUT2D eigenvalue weighted by molar-refractivity contribution is 7.80. The fourth-order valence-electron chi connectivity index (χ4n) is 1.51. The summed E-state index contributed by atoms with van der Waals surface area (Å²) in [6.07, 6.45) is 0.950. The van der Waals surface area contributed by atoms with Crippen molar-refractivity contribution in [2.45, 2.75) is 25.8 Å². The van der Waals surface area contributed by atoms with Crippen molar-refractivity contribution in [2.75, 3.05) is 0 Å². The zero-order valence-electron chi connectivity index (χ0n) is 9.27. The number of amides is 1. The van der Waals surface area contributed by atoms with Crippen LogP contribution in [0.2, 0.25) is 0 Å². The Morgan fingerprint density at radius 2 is 2.06 bits per heavy atom. The lowest BCUT2D eigenvalue weighted by atomic mass is 10.0. The minimum absolute atomic E-state index is 0.0306. The number of benzene rings is 1. The van der Waals surface area contributed by atoms with Gasteiger partial charge < -0.3 is 11.1 Å². The molecule has 3 N–H and O–H groups in total. The topological polar surface area (TPSA) is 55.1 Å². The number of carbonyl (C=O) groups excluding carboxylic acids is 1. The van der Waals surface area contributed by atoms with E-state index in [1.807, 2.05) is 37.3 Å². The second kappa shape index (κ2) is 6.23. The van der Waals surface area contributed by atoms with E-state index in [1.165, 1.54) is 0 Å². The van der Waals surface area contributed by atoms with E-state index in [0.29, 0.717) is 0 Å². The molecule has 0 bridgehead atoms. The lowest BCUT2D eigenvalue weighted by Gasteiger charge is -2.17. The first kappa shape index (κ1) is 12.6. The van der Waals surface area contributed by atoms with Gasteiger partial charge in [0.2, 0.25) is 5.91 Å². The predicted octanol–water partition coefficient (Wildman–Crippen LogP) is 1.93. The van der Waals surface area contributed by atoms with E-state index in [1.54, 1.807) is 0 Å². The maximum absolute atomic E-state index is 11.5. The van der Waals surface area contributed by atoms with Crippen molar-refractivity contribution in [1.29, 1.82) is 0 Å². The van der Waals surface area contributed by atoms with Crippen molar-refractivity contribution in [2.24, 2.45) is 5.73 Å². The van der Waals surface area contributed by atoms with Crippen molar-refractivity contribution in [3.8, 4) is 0 Å². The third kappa shape index (κ3) is 3.98. The summed E-state index contributed by atoms with van der Waals surface area (Å²) >= 11 is 4.69. The summed E-state index contributed by atoms with van der Waals surface area (Å²) in [5.74, 6) is -0.122. The molecule has 0 aliphatic heterocycles. The third-order valence-electron chi connectivity index (χ3n) is 2.28. The summed E-state index contributed by atoms with van der Waals surface area (Å²) in [4.78, 5) is 11.7. The Labute approximate surface area is 101 Å². The summed E-state index contributed by atoms with van der Waals surface area (Å²) in [6.45, 7) is 2.03. The lowest BCUT2D eigenvalue weighted by Crippen LogP contribution is -2.31. The zero-order valence-corrected chi connectivity index (χ0v) is 10.1. The van der Waals surface area contributed by atoms with Crippen LogP contribution in [-0.2, 0) is 4.79 Å². The molecule has 0 saturated carbocycles. The van der Waals surface area contributed by atoms with Crippen molar-refractivity contribution >= 4 is 23.1 Å². The van der Waals surface area contributed by atoms with Crippen molar-refractivity contribution in [3.63, 3.8) is 0 Å². The first-order valence-corrected chi connectivity index (χ1v) is 5.67. The average Bonchev–Trinajstić information content (AvgIpc) is 2.26. The minimum Gasteiger partial charge on any atom is -0.393 e. The molecule has 0 heterocycles. The number of thiocarbonyl (C=S) groups is 1. The standard InChI is InChI=1S/C12H16N2OS/c1-2-10(9-6-4-3-5-7-9)14-12(15)8-11(13)16/h3-7,10H,2,8H2,1H3,(H2,13,16)(H,14,15). The van der Waals surface area contributed by atoms with E-state index < -0.39 is 0 Å². The van der Waals surface area contributed by atoms with Crippen molar-refractivity contribution in [1.82, 2.24) is 5.32 Å². The van der Waals surface area contributed by atoms with Crippen molar-refractivity contribution < 1.29 is 4.79 Å². The molecule has 0 spiro atoms. The smallest absolute Gasteiger partial charge is 0.227 e. The molecule has 1 amide bonds. The number of rotatable bonds is 5. The van der Waals surface area contributed by atoms with E-state index in [9.17, 15) is 4.79 Å². The van der Waals surface area contributed by atoms with E-state index in [-0.39, 0.29) is 23.4 Å². The summed E-state index contributed by atoms with van der Waals surface area (Å²) < 4.78 is 0. The highest BCUT2D eigenvalue weighted by atomic mass is 32.1. The summed E-state index contributed by atoms with van der Waals surface area (Å²) in [6, 6.07) is 9.88. The van der Waals surface area contributed by atoms with Gasteiger partial charge in [-0.15, -0.1) is 0 Å². The number of nitrogens with two attached hydrogens (primary N) is 1. The van der Waals surface area contributed by atoms with Crippen LogP contribution >= 0.6 is 12.2 Å². The van der Waals surface area contributed by atoms with Crippen LogP contribution in [0, 0.1) is 0 Å². The molecule has 0 saturated heterocycles. The number of carbonyl (C=O) groups is 1. The average molecular weight is 236 g/mol. The molecular formula is C12H16N2OS. The molecule has 86 valence electrons. The molecule has 0 aliphatic carbocycles. The maximum atomic E-state index is 11.5. The molecule has 1 atom stereocenters. The van der Waals surface area contributed by atoms with Crippen LogP contribution in [0.1, 0.15) is 31.4 Å². The minimum atomic E-state index is -0.122. The van der Waals surface area contributed by atoms with Gasteiger partial charge in [0.1, 0.15) is 0 Å². The van der Waals surface area contributed by atoms with Gasteiger partial charge in [0.15, 0.2) is 0 Å². The van der Waals surface area contributed by atoms with Crippen LogP contribution in [0.15, 0.2) is 30.3 Å². The molecule has 3 nitrogen and oxygen atoms in total. The lowest BCUT2D eigenvalue weighted by molar-refractivity contribution is -0.120. The third-order valence-corrected chi connectivity index (χ3v) is 2.42. The van der Waals surface area contributed by atoms with Crippen molar-refractivity contribution in [3.05, 3.63) is 35.9 Å². The van der Waals surface area contributed by atoms with Gasteiger partial charge in [-0.2, -0.15) is 0 Å². The monoisotopic (exact) mass is 236 g/mol. The molecule has 0 fully saturated rings. The SMILES string of the molecule is CCC(NC(=O)CC(N)=S)c1ccccc1. The van der Waals surface area contributed by atoms with Gasteiger partial charge in [0.05, 0.1) is 17.5 Å². The van der Waals surface area contributed by atoms with E-state index in [4.69, 9.17) is 18.0 Å². The molecule has 0 aliphatic rings. The summed E-state index contributed by atoms with van der Waals surface area (Å²) in [5, 5.41) is 2.91. The molecule has 1 rings (SSSR count). The normalized spacial score (nSPS) is 11.8. The molecular weight excluding hydrogens is 220 g/mol. The first-order chi connectivity index (χ1) is 7.63. The molecule has 0 radical (unpaired) electrons. The van der Waals surface area contributed by atoms with E-state index >= 15 is 0 Å². The molecule has 1 aromatic carbocycles. The van der Waals surface area contributed by atoms with Gasteiger partial charge >= 0.3 is 0 Å². The van der Waals surface area contributed by atoms with Gasteiger partial charge in [-0.05, 0) is 12.0 Å². The molecule has 1 unspecified atom stereocenters. The van der Waals surface area contributed by atoms with E-state index in [0.717, 1.165) is 12.0 Å². The molecule has 4 heteroatoms. The fraction of sp³-hybridized carbons (Fsp3) is 0.333. The first-order valence-electron chi connectivity index (χ1n) is 5.26. The molecule has 16 heavy (non-hydrogen) atoms. The Morgan fingerprint density at radius 1 is 1.44 bits per heavy atom. The number of hydrogen-bond donors (Lipinski definition) is 2. The second-order valence-corrected chi connectivity index (χ2v) is 4.11. The number of nitrogens with one attached hydrogen (secondary N) is 1. The van der Waals surface area contributed by atoms with Crippen LogP contribution in [0.3, 0.4) is 0 Å². The Kier molecular flexibility index (Phi) is 4.92.